The third-order valence-corrected chi connectivity index (χ3v) is 7.15. The Labute approximate surface area is 167 Å². The van der Waals surface area contributed by atoms with E-state index in [0.717, 1.165) is 51.0 Å². The number of rotatable bonds is 5. The molecule has 0 aliphatic carbocycles. The number of ether oxygens (including phenoxy) is 1. The van der Waals surface area contributed by atoms with Crippen molar-refractivity contribution >= 4 is 21.7 Å². The molecule has 3 saturated heterocycles. The van der Waals surface area contributed by atoms with E-state index in [-0.39, 0.29) is 0 Å². The van der Waals surface area contributed by atoms with Gasteiger partial charge in [-0.15, -0.1) is 10.2 Å². The molecule has 1 unspecified atom stereocenters. The zero-order valence-electron chi connectivity index (χ0n) is 16.5. The molecule has 28 heavy (non-hydrogen) atoms. The molecule has 4 heterocycles. The van der Waals surface area contributed by atoms with Crippen LogP contribution in [0.3, 0.4) is 0 Å². The SMILES string of the molecule is CS(=O)(=O)N1CCN(c2ccc(N3CCN(CC4CCCO4)CC3)nn2)CC1. The Bertz CT molecular complexity index is 737. The maximum atomic E-state index is 11.6. The normalized spacial score (nSPS) is 25.4. The summed E-state index contributed by atoms with van der Waals surface area (Å²) in [6, 6.07) is 4.03. The molecular weight excluding hydrogens is 380 g/mol. The second-order valence-electron chi connectivity index (χ2n) is 7.82. The molecule has 156 valence electrons. The van der Waals surface area contributed by atoms with E-state index < -0.39 is 10.0 Å². The van der Waals surface area contributed by atoms with Gasteiger partial charge in [-0.05, 0) is 25.0 Å². The zero-order valence-corrected chi connectivity index (χ0v) is 17.4. The van der Waals surface area contributed by atoms with Gasteiger partial charge in [-0.2, -0.15) is 4.31 Å². The van der Waals surface area contributed by atoms with Crippen LogP contribution < -0.4 is 9.80 Å². The number of hydrogen-bond acceptors (Lipinski definition) is 8. The van der Waals surface area contributed by atoms with Crippen molar-refractivity contribution in [2.45, 2.75) is 18.9 Å². The Hall–Kier alpha value is -1.49. The molecule has 0 aromatic carbocycles. The number of piperazine rings is 2. The number of anilines is 2. The van der Waals surface area contributed by atoms with Crippen LogP contribution in [-0.4, -0.2) is 106 Å². The molecule has 3 fully saturated rings. The van der Waals surface area contributed by atoms with Gasteiger partial charge >= 0.3 is 0 Å². The standard InChI is InChI=1S/C18H30N6O3S/c1-28(25,26)24-12-10-23(11-13-24)18-5-4-17(19-20-18)22-8-6-21(7-9-22)15-16-3-2-14-27-16/h4-5,16H,2-3,6-15H2,1H3. The average molecular weight is 411 g/mol. The van der Waals surface area contributed by atoms with Crippen LogP contribution >= 0.6 is 0 Å². The minimum atomic E-state index is -3.11. The summed E-state index contributed by atoms with van der Waals surface area (Å²) in [5.41, 5.74) is 0. The van der Waals surface area contributed by atoms with Crippen molar-refractivity contribution < 1.29 is 13.2 Å². The fraction of sp³-hybridized carbons (Fsp3) is 0.778. The molecular formula is C18H30N6O3S. The van der Waals surface area contributed by atoms with E-state index in [4.69, 9.17) is 4.74 Å². The maximum Gasteiger partial charge on any atom is 0.211 e. The van der Waals surface area contributed by atoms with Gasteiger partial charge in [-0.1, -0.05) is 0 Å². The van der Waals surface area contributed by atoms with E-state index in [1.165, 1.54) is 23.4 Å². The third-order valence-electron chi connectivity index (χ3n) is 5.85. The zero-order chi connectivity index (χ0) is 19.6. The van der Waals surface area contributed by atoms with Crippen LogP contribution in [0.15, 0.2) is 12.1 Å². The first kappa shape index (κ1) is 19.8. The topological polar surface area (TPSA) is 82.1 Å². The summed E-state index contributed by atoms with van der Waals surface area (Å²) in [5.74, 6) is 1.73. The van der Waals surface area contributed by atoms with Crippen molar-refractivity contribution in [1.29, 1.82) is 0 Å². The first-order chi connectivity index (χ1) is 13.5. The van der Waals surface area contributed by atoms with Crippen LogP contribution in [-0.2, 0) is 14.8 Å². The van der Waals surface area contributed by atoms with Crippen molar-refractivity contribution in [2.24, 2.45) is 0 Å². The molecule has 0 radical (unpaired) electrons. The first-order valence-corrected chi connectivity index (χ1v) is 12.0. The van der Waals surface area contributed by atoms with Crippen LogP contribution in [0.1, 0.15) is 12.8 Å². The minimum absolute atomic E-state index is 0.411. The molecule has 1 aromatic rings. The van der Waals surface area contributed by atoms with Gasteiger partial charge in [0.05, 0.1) is 12.4 Å². The van der Waals surface area contributed by atoms with E-state index >= 15 is 0 Å². The molecule has 3 aliphatic heterocycles. The molecule has 0 bridgehead atoms. The summed E-state index contributed by atoms with van der Waals surface area (Å²) in [7, 11) is -3.11. The van der Waals surface area contributed by atoms with Gasteiger partial charge in [0.25, 0.3) is 0 Å². The van der Waals surface area contributed by atoms with E-state index in [2.05, 4.69) is 24.9 Å². The Morgan fingerprint density at radius 1 is 0.964 bits per heavy atom. The fourth-order valence-electron chi connectivity index (χ4n) is 4.14. The Balaban J connectivity index is 1.27. The van der Waals surface area contributed by atoms with Gasteiger partial charge in [0, 0.05) is 65.5 Å². The lowest BCUT2D eigenvalue weighted by Gasteiger charge is -2.36. The van der Waals surface area contributed by atoms with Gasteiger partial charge in [0.2, 0.25) is 10.0 Å². The predicted octanol–water partition coefficient (Wildman–Crippen LogP) is -0.141. The summed E-state index contributed by atoms with van der Waals surface area (Å²) in [6.45, 7) is 8.18. The second kappa shape index (κ2) is 8.48. The lowest BCUT2D eigenvalue weighted by molar-refractivity contribution is 0.0712. The average Bonchev–Trinajstić information content (AvgIpc) is 3.21. The van der Waals surface area contributed by atoms with E-state index in [0.29, 0.717) is 32.3 Å². The predicted molar refractivity (Wildman–Crippen MR) is 108 cm³/mol. The third kappa shape index (κ3) is 4.73. The summed E-state index contributed by atoms with van der Waals surface area (Å²) >= 11 is 0. The molecule has 0 amide bonds. The molecule has 0 spiro atoms. The number of sulfonamides is 1. The van der Waals surface area contributed by atoms with Crippen molar-refractivity contribution in [3.63, 3.8) is 0 Å². The molecule has 1 atom stereocenters. The summed E-state index contributed by atoms with van der Waals surface area (Å²) in [6.07, 6.45) is 4.05. The lowest BCUT2D eigenvalue weighted by atomic mass is 10.2. The summed E-state index contributed by atoms with van der Waals surface area (Å²) in [5, 5.41) is 8.83. The van der Waals surface area contributed by atoms with Gasteiger partial charge in [0.1, 0.15) is 0 Å². The van der Waals surface area contributed by atoms with E-state index in [1.54, 1.807) is 0 Å². The van der Waals surface area contributed by atoms with Crippen molar-refractivity contribution in [3.05, 3.63) is 12.1 Å². The highest BCUT2D eigenvalue weighted by molar-refractivity contribution is 7.88. The monoisotopic (exact) mass is 410 g/mol. The van der Waals surface area contributed by atoms with Gasteiger partial charge < -0.3 is 14.5 Å². The van der Waals surface area contributed by atoms with E-state index in [1.807, 2.05) is 12.1 Å². The Morgan fingerprint density at radius 3 is 2.00 bits per heavy atom. The smallest absolute Gasteiger partial charge is 0.211 e. The van der Waals surface area contributed by atoms with Crippen LogP contribution in [0.2, 0.25) is 0 Å². The number of aromatic nitrogens is 2. The van der Waals surface area contributed by atoms with Gasteiger partial charge in [-0.3, -0.25) is 4.90 Å². The van der Waals surface area contributed by atoms with Crippen LogP contribution in [0.4, 0.5) is 11.6 Å². The summed E-state index contributed by atoms with van der Waals surface area (Å²) in [4.78, 5) is 6.86. The quantitative estimate of drug-likeness (QED) is 0.663. The first-order valence-electron chi connectivity index (χ1n) is 10.1. The minimum Gasteiger partial charge on any atom is -0.377 e. The molecule has 1 aromatic heterocycles. The Kier molecular flexibility index (Phi) is 6.00. The van der Waals surface area contributed by atoms with Gasteiger partial charge in [0.15, 0.2) is 11.6 Å². The van der Waals surface area contributed by atoms with E-state index in [9.17, 15) is 8.42 Å². The van der Waals surface area contributed by atoms with Gasteiger partial charge in [-0.25, -0.2) is 8.42 Å². The molecule has 0 N–H and O–H groups in total. The van der Waals surface area contributed by atoms with Crippen LogP contribution in [0, 0.1) is 0 Å². The molecule has 10 heteroatoms. The lowest BCUT2D eigenvalue weighted by Crippen LogP contribution is -2.49. The fourth-order valence-corrected chi connectivity index (χ4v) is 4.97. The number of nitrogens with zero attached hydrogens (tertiary/aromatic N) is 6. The molecule has 9 nitrogen and oxygen atoms in total. The second-order valence-corrected chi connectivity index (χ2v) is 9.80. The van der Waals surface area contributed by atoms with Crippen LogP contribution in [0.25, 0.3) is 0 Å². The molecule has 0 saturated carbocycles. The molecule has 4 rings (SSSR count). The van der Waals surface area contributed by atoms with Crippen LogP contribution in [0.5, 0.6) is 0 Å². The molecule has 3 aliphatic rings. The largest absolute Gasteiger partial charge is 0.377 e. The maximum absolute atomic E-state index is 11.6. The van der Waals surface area contributed by atoms with Crippen molar-refractivity contribution in [3.8, 4) is 0 Å². The summed E-state index contributed by atoms with van der Waals surface area (Å²) < 4.78 is 30.5. The highest BCUT2D eigenvalue weighted by atomic mass is 32.2. The van der Waals surface area contributed by atoms with Crippen molar-refractivity contribution in [2.75, 3.05) is 81.6 Å². The highest BCUT2D eigenvalue weighted by Crippen LogP contribution is 2.19. The van der Waals surface area contributed by atoms with Crippen molar-refractivity contribution in [1.82, 2.24) is 19.4 Å². The Morgan fingerprint density at radius 2 is 1.54 bits per heavy atom. The number of hydrogen-bond donors (Lipinski definition) is 0. The highest BCUT2D eigenvalue weighted by Gasteiger charge is 2.25.